The highest BCUT2D eigenvalue weighted by Crippen LogP contribution is 2.30. The number of aliphatic hydroxyl groups excluding tert-OH is 1. The number of nitrogens with one attached hydrogen (secondary N) is 1. The molecule has 10 nitrogen and oxygen atoms in total. The van der Waals surface area contributed by atoms with E-state index in [1.54, 1.807) is 18.2 Å². The van der Waals surface area contributed by atoms with Gasteiger partial charge >= 0.3 is 5.69 Å². The van der Waals surface area contributed by atoms with Crippen LogP contribution in [-0.4, -0.2) is 43.0 Å². The molecular formula is C22H17Cl2N7O3. The van der Waals surface area contributed by atoms with E-state index < -0.39 is 5.69 Å². The SMILES string of the molecule is Nc1c2cnc(Nc3ccc(C4=NOC(CO)C4)cc3)nc2nc(=O)n1-c1c(Cl)cccc1Cl. The van der Waals surface area contributed by atoms with Crippen molar-refractivity contribution in [1.29, 1.82) is 0 Å². The summed E-state index contributed by atoms with van der Waals surface area (Å²) in [6, 6.07) is 12.3. The van der Waals surface area contributed by atoms with Crippen LogP contribution in [0.5, 0.6) is 0 Å². The summed E-state index contributed by atoms with van der Waals surface area (Å²) in [4.78, 5) is 30.6. The second kappa shape index (κ2) is 8.90. The number of fused-ring (bicyclic) bond motifs is 1. The highest BCUT2D eigenvalue weighted by Gasteiger charge is 2.21. The Morgan fingerprint density at radius 2 is 1.88 bits per heavy atom. The van der Waals surface area contributed by atoms with Gasteiger partial charge in [0.25, 0.3) is 0 Å². The number of oxime groups is 1. The fourth-order valence-corrected chi connectivity index (χ4v) is 4.12. The van der Waals surface area contributed by atoms with Crippen LogP contribution in [0.25, 0.3) is 16.7 Å². The van der Waals surface area contributed by atoms with Crippen LogP contribution in [-0.2, 0) is 4.84 Å². The second-order valence-corrected chi connectivity index (χ2v) is 8.29. The number of aliphatic hydroxyl groups is 1. The van der Waals surface area contributed by atoms with E-state index in [0.29, 0.717) is 17.5 Å². The van der Waals surface area contributed by atoms with E-state index in [2.05, 4.69) is 25.4 Å². The summed E-state index contributed by atoms with van der Waals surface area (Å²) in [6.45, 7) is -0.0823. The highest BCUT2D eigenvalue weighted by molar-refractivity contribution is 6.37. The van der Waals surface area contributed by atoms with Crippen molar-refractivity contribution in [1.82, 2.24) is 19.5 Å². The lowest BCUT2D eigenvalue weighted by Gasteiger charge is -2.14. The number of benzene rings is 2. The number of nitrogens with two attached hydrogens (primary N) is 1. The Bertz CT molecular complexity index is 1470. The van der Waals surface area contributed by atoms with Crippen LogP contribution in [0, 0.1) is 0 Å². The zero-order chi connectivity index (χ0) is 23.8. The standard InChI is InChI=1S/C22H17Cl2N7O3/c23-15-2-1-3-16(24)18(15)31-19(25)14-9-26-21(28-20(14)29-22(31)33)27-12-6-4-11(5-7-12)17-8-13(10-32)34-30-17/h1-7,9,13,32H,8,10,25H2,(H,27,28,29,33). The van der Waals surface area contributed by atoms with Crippen LogP contribution in [0.4, 0.5) is 17.5 Å². The first-order valence-corrected chi connectivity index (χ1v) is 10.9. The van der Waals surface area contributed by atoms with Crippen LogP contribution >= 0.6 is 23.2 Å². The van der Waals surface area contributed by atoms with E-state index in [0.717, 1.165) is 15.8 Å². The summed E-state index contributed by atoms with van der Waals surface area (Å²) in [5, 5.41) is 17.1. The Balaban J connectivity index is 1.43. The molecule has 4 aromatic rings. The van der Waals surface area contributed by atoms with Gasteiger partial charge in [0.1, 0.15) is 5.82 Å². The molecule has 0 amide bonds. The molecule has 0 saturated carbocycles. The van der Waals surface area contributed by atoms with Gasteiger partial charge in [0.2, 0.25) is 5.95 Å². The first kappa shape index (κ1) is 22.1. The van der Waals surface area contributed by atoms with Gasteiger partial charge in [0.15, 0.2) is 11.8 Å². The quantitative estimate of drug-likeness (QED) is 0.381. The van der Waals surface area contributed by atoms with E-state index in [4.69, 9.17) is 33.8 Å². The number of halogens is 2. The molecule has 0 aliphatic carbocycles. The molecule has 1 unspecified atom stereocenters. The molecule has 0 fully saturated rings. The predicted octanol–water partition coefficient (Wildman–Crippen LogP) is 3.29. The molecule has 172 valence electrons. The van der Waals surface area contributed by atoms with Crippen LogP contribution in [0.2, 0.25) is 10.0 Å². The molecular weight excluding hydrogens is 481 g/mol. The topological polar surface area (TPSA) is 141 Å². The molecule has 12 heteroatoms. The average Bonchev–Trinajstić information content (AvgIpc) is 3.31. The van der Waals surface area contributed by atoms with Crippen molar-refractivity contribution in [3.05, 3.63) is 74.8 Å². The van der Waals surface area contributed by atoms with Gasteiger partial charge in [-0.05, 0) is 29.8 Å². The minimum atomic E-state index is -0.672. The van der Waals surface area contributed by atoms with Gasteiger partial charge in [-0.15, -0.1) is 0 Å². The highest BCUT2D eigenvalue weighted by atomic mass is 35.5. The number of hydrogen-bond acceptors (Lipinski definition) is 9. The average molecular weight is 498 g/mol. The normalized spacial score (nSPS) is 15.3. The summed E-state index contributed by atoms with van der Waals surface area (Å²) >= 11 is 12.5. The van der Waals surface area contributed by atoms with Gasteiger partial charge in [0, 0.05) is 18.3 Å². The number of nitrogens with zero attached hydrogens (tertiary/aromatic N) is 5. The van der Waals surface area contributed by atoms with Crippen molar-refractivity contribution < 1.29 is 9.94 Å². The molecule has 34 heavy (non-hydrogen) atoms. The third kappa shape index (κ3) is 4.03. The molecule has 0 bridgehead atoms. The molecule has 2 aromatic heterocycles. The number of rotatable bonds is 5. The molecule has 0 spiro atoms. The van der Waals surface area contributed by atoms with Crippen molar-refractivity contribution in [2.24, 2.45) is 5.16 Å². The third-order valence-corrected chi connectivity index (χ3v) is 5.86. The number of hydrogen-bond donors (Lipinski definition) is 3. The number of nitrogen functional groups attached to an aromatic ring is 1. The van der Waals surface area contributed by atoms with Gasteiger partial charge in [-0.2, -0.15) is 9.97 Å². The van der Waals surface area contributed by atoms with E-state index in [1.807, 2.05) is 24.3 Å². The summed E-state index contributed by atoms with van der Waals surface area (Å²) < 4.78 is 1.14. The maximum atomic E-state index is 12.8. The minimum Gasteiger partial charge on any atom is -0.392 e. The van der Waals surface area contributed by atoms with E-state index >= 15 is 0 Å². The Morgan fingerprint density at radius 3 is 2.56 bits per heavy atom. The maximum Gasteiger partial charge on any atom is 0.355 e. The minimum absolute atomic E-state index is 0.0710. The van der Waals surface area contributed by atoms with E-state index in [9.17, 15) is 9.90 Å². The summed E-state index contributed by atoms with van der Waals surface area (Å²) in [5.74, 6) is 0.309. The summed E-state index contributed by atoms with van der Waals surface area (Å²) in [6.07, 6.45) is 1.71. The van der Waals surface area contributed by atoms with Crippen LogP contribution in [0.15, 0.2) is 58.6 Å². The van der Waals surface area contributed by atoms with Crippen LogP contribution < -0.4 is 16.7 Å². The van der Waals surface area contributed by atoms with Gasteiger partial charge in [-0.25, -0.2) is 14.3 Å². The molecule has 3 heterocycles. The molecule has 5 rings (SSSR count). The van der Waals surface area contributed by atoms with Crippen molar-refractivity contribution >= 4 is 57.4 Å². The zero-order valence-electron chi connectivity index (χ0n) is 17.4. The molecule has 0 radical (unpaired) electrons. The number of aromatic nitrogens is 4. The predicted molar refractivity (Wildman–Crippen MR) is 130 cm³/mol. The molecule has 1 aliphatic heterocycles. The van der Waals surface area contributed by atoms with Gasteiger partial charge in [0.05, 0.1) is 33.4 Å². The second-order valence-electron chi connectivity index (χ2n) is 7.47. The van der Waals surface area contributed by atoms with Crippen LogP contribution in [0.1, 0.15) is 12.0 Å². The van der Waals surface area contributed by atoms with Crippen LogP contribution in [0.3, 0.4) is 0 Å². The van der Waals surface area contributed by atoms with Gasteiger partial charge < -0.3 is 21.0 Å². The summed E-state index contributed by atoms with van der Waals surface area (Å²) in [5.41, 5.74) is 8.32. The fraction of sp³-hybridized carbons (Fsp3) is 0.136. The Morgan fingerprint density at radius 1 is 1.15 bits per heavy atom. The first-order chi connectivity index (χ1) is 16.4. The smallest absolute Gasteiger partial charge is 0.355 e. The first-order valence-electron chi connectivity index (χ1n) is 10.2. The number of anilines is 3. The number of para-hydroxylation sites is 1. The monoisotopic (exact) mass is 497 g/mol. The molecule has 1 atom stereocenters. The van der Waals surface area contributed by atoms with Crippen molar-refractivity contribution in [2.75, 3.05) is 17.7 Å². The maximum absolute atomic E-state index is 12.8. The van der Waals surface area contributed by atoms with E-state index in [1.165, 1.54) is 6.20 Å². The van der Waals surface area contributed by atoms with Gasteiger partial charge in [-0.1, -0.05) is 46.6 Å². The van der Waals surface area contributed by atoms with Crippen molar-refractivity contribution in [3.63, 3.8) is 0 Å². The molecule has 0 saturated heterocycles. The Kier molecular flexibility index (Phi) is 5.78. The lowest BCUT2D eigenvalue weighted by atomic mass is 10.1. The molecule has 4 N–H and O–H groups in total. The molecule has 2 aromatic carbocycles. The lowest BCUT2D eigenvalue weighted by molar-refractivity contribution is 0.0390. The van der Waals surface area contributed by atoms with Crippen molar-refractivity contribution in [2.45, 2.75) is 12.5 Å². The van der Waals surface area contributed by atoms with Crippen molar-refractivity contribution in [3.8, 4) is 5.69 Å². The van der Waals surface area contributed by atoms with E-state index in [-0.39, 0.29) is 45.9 Å². The largest absolute Gasteiger partial charge is 0.392 e. The lowest BCUT2D eigenvalue weighted by Crippen LogP contribution is -2.25. The fourth-order valence-electron chi connectivity index (χ4n) is 3.55. The molecule has 1 aliphatic rings. The Hall–Kier alpha value is -3.73. The summed E-state index contributed by atoms with van der Waals surface area (Å²) in [7, 11) is 0. The third-order valence-electron chi connectivity index (χ3n) is 5.25. The Labute approximate surface area is 202 Å². The van der Waals surface area contributed by atoms with Gasteiger partial charge in [-0.3, -0.25) is 0 Å². The zero-order valence-corrected chi connectivity index (χ0v) is 19.0.